The molecular formula is C21H23N7O. The first-order chi connectivity index (χ1) is 14.0. The fourth-order valence-electron chi connectivity index (χ4n) is 3.21. The highest BCUT2D eigenvalue weighted by Gasteiger charge is 2.15. The first-order valence-electron chi connectivity index (χ1n) is 9.54. The standard InChI is InChI=1S/C21H23N7O/c1-14(2)28-20-18(10-24-28)8-19(15(3)26-20)21(29)23-9-16-4-6-17(7-5-16)11-27-13-22-12-25-27/h4-8,10,12-14H,9,11H2,1-3H3,(H,23,29). The maximum Gasteiger partial charge on any atom is 0.253 e. The fraction of sp³-hybridized carbons (Fsp3) is 0.286. The van der Waals surface area contributed by atoms with E-state index in [9.17, 15) is 4.79 Å². The van der Waals surface area contributed by atoms with Crippen LogP contribution >= 0.6 is 0 Å². The first kappa shape index (κ1) is 18.8. The van der Waals surface area contributed by atoms with Crippen LogP contribution in [0.5, 0.6) is 0 Å². The molecule has 148 valence electrons. The third kappa shape index (κ3) is 4.01. The number of aryl methyl sites for hydroxylation is 1. The van der Waals surface area contributed by atoms with Crippen LogP contribution in [0.15, 0.2) is 49.2 Å². The highest BCUT2D eigenvalue weighted by atomic mass is 16.1. The Morgan fingerprint density at radius 1 is 1.14 bits per heavy atom. The van der Waals surface area contributed by atoms with Crippen LogP contribution in [-0.4, -0.2) is 35.4 Å². The molecule has 0 aliphatic heterocycles. The van der Waals surface area contributed by atoms with E-state index in [1.165, 1.54) is 6.33 Å². The molecule has 8 heteroatoms. The van der Waals surface area contributed by atoms with Gasteiger partial charge in [0.1, 0.15) is 12.7 Å². The predicted octanol–water partition coefficient (Wildman–Crippen LogP) is 2.89. The highest BCUT2D eigenvalue weighted by molar-refractivity contribution is 5.98. The summed E-state index contributed by atoms with van der Waals surface area (Å²) in [5.41, 5.74) is 4.22. The number of nitrogens with one attached hydrogen (secondary N) is 1. The molecule has 1 amide bonds. The van der Waals surface area contributed by atoms with Gasteiger partial charge in [0.05, 0.1) is 24.0 Å². The number of amides is 1. The average molecular weight is 389 g/mol. The molecule has 4 rings (SSSR count). The van der Waals surface area contributed by atoms with Crippen LogP contribution in [-0.2, 0) is 13.1 Å². The van der Waals surface area contributed by atoms with Crippen LogP contribution in [0.2, 0.25) is 0 Å². The number of hydrogen-bond donors (Lipinski definition) is 1. The second-order valence-corrected chi connectivity index (χ2v) is 7.31. The van der Waals surface area contributed by atoms with Crippen molar-refractivity contribution in [3.05, 3.63) is 71.6 Å². The van der Waals surface area contributed by atoms with Gasteiger partial charge in [-0.2, -0.15) is 10.2 Å². The van der Waals surface area contributed by atoms with Crippen molar-refractivity contribution in [2.75, 3.05) is 0 Å². The molecule has 1 aromatic carbocycles. The van der Waals surface area contributed by atoms with Gasteiger partial charge in [-0.05, 0) is 38.0 Å². The smallest absolute Gasteiger partial charge is 0.253 e. The fourth-order valence-corrected chi connectivity index (χ4v) is 3.21. The van der Waals surface area contributed by atoms with Gasteiger partial charge in [-0.1, -0.05) is 24.3 Å². The lowest BCUT2D eigenvalue weighted by Gasteiger charge is -2.10. The van der Waals surface area contributed by atoms with E-state index in [1.807, 2.05) is 41.9 Å². The number of carbonyl (C=O) groups is 1. The van der Waals surface area contributed by atoms with Crippen molar-refractivity contribution >= 4 is 16.9 Å². The molecule has 0 fully saturated rings. The van der Waals surface area contributed by atoms with E-state index in [1.54, 1.807) is 17.2 Å². The zero-order valence-electron chi connectivity index (χ0n) is 16.7. The zero-order chi connectivity index (χ0) is 20.4. The van der Waals surface area contributed by atoms with Crippen molar-refractivity contribution in [2.24, 2.45) is 0 Å². The largest absolute Gasteiger partial charge is 0.348 e. The Bertz CT molecular complexity index is 1130. The Hall–Kier alpha value is -3.55. The number of nitrogens with zero attached hydrogens (tertiary/aromatic N) is 6. The molecule has 0 spiro atoms. The van der Waals surface area contributed by atoms with Gasteiger partial charge in [-0.25, -0.2) is 19.3 Å². The molecule has 0 saturated heterocycles. The number of benzene rings is 1. The summed E-state index contributed by atoms with van der Waals surface area (Å²) in [6.45, 7) is 7.08. The topological polar surface area (TPSA) is 90.5 Å². The van der Waals surface area contributed by atoms with Gasteiger partial charge in [0.2, 0.25) is 0 Å². The minimum Gasteiger partial charge on any atom is -0.348 e. The molecule has 0 radical (unpaired) electrons. The number of fused-ring (bicyclic) bond motifs is 1. The first-order valence-corrected chi connectivity index (χ1v) is 9.54. The van der Waals surface area contributed by atoms with Gasteiger partial charge >= 0.3 is 0 Å². The van der Waals surface area contributed by atoms with Gasteiger partial charge in [-0.3, -0.25) is 4.79 Å². The Kier molecular flexibility index (Phi) is 5.07. The summed E-state index contributed by atoms with van der Waals surface area (Å²) in [7, 11) is 0. The molecule has 3 aromatic heterocycles. The maximum atomic E-state index is 12.7. The summed E-state index contributed by atoms with van der Waals surface area (Å²) in [6, 6.07) is 10.2. The van der Waals surface area contributed by atoms with Crippen LogP contribution < -0.4 is 5.32 Å². The normalized spacial score (nSPS) is 11.3. The molecule has 0 saturated carbocycles. The molecule has 0 unspecified atom stereocenters. The Morgan fingerprint density at radius 2 is 1.90 bits per heavy atom. The summed E-state index contributed by atoms with van der Waals surface area (Å²) in [5.74, 6) is -0.138. The summed E-state index contributed by atoms with van der Waals surface area (Å²) in [6.07, 6.45) is 4.96. The summed E-state index contributed by atoms with van der Waals surface area (Å²) in [5, 5.41) is 12.3. The van der Waals surface area contributed by atoms with E-state index in [0.29, 0.717) is 24.3 Å². The number of rotatable bonds is 6. The van der Waals surface area contributed by atoms with Crippen molar-refractivity contribution in [2.45, 2.75) is 39.9 Å². The molecule has 0 aliphatic carbocycles. The van der Waals surface area contributed by atoms with E-state index >= 15 is 0 Å². The van der Waals surface area contributed by atoms with Crippen molar-refractivity contribution in [1.29, 1.82) is 0 Å². The third-order valence-corrected chi connectivity index (χ3v) is 4.78. The lowest BCUT2D eigenvalue weighted by atomic mass is 10.1. The lowest BCUT2D eigenvalue weighted by molar-refractivity contribution is 0.0950. The molecule has 29 heavy (non-hydrogen) atoms. The van der Waals surface area contributed by atoms with Gasteiger partial charge in [0, 0.05) is 18.0 Å². The number of pyridine rings is 1. The highest BCUT2D eigenvalue weighted by Crippen LogP contribution is 2.19. The minimum atomic E-state index is -0.138. The Balaban J connectivity index is 1.43. The second kappa shape index (κ2) is 7.83. The molecule has 0 bridgehead atoms. The third-order valence-electron chi connectivity index (χ3n) is 4.78. The molecule has 4 aromatic rings. The van der Waals surface area contributed by atoms with Gasteiger partial charge in [0.15, 0.2) is 5.65 Å². The van der Waals surface area contributed by atoms with Gasteiger partial charge in [-0.15, -0.1) is 0 Å². The number of aromatic nitrogens is 6. The predicted molar refractivity (Wildman–Crippen MR) is 109 cm³/mol. The molecule has 0 aliphatic rings. The van der Waals surface area contributed by atoms with E-state index in [0.717, 1.165) is 22.2 Å². The van der Waals surface area contributed by atoms with E-state index in [4.69, 9.17) is 0 Å². The van der Waals surface area contributed by atoms with Crippen LogP contribution in [0, 0.1) is 6.92 Å². The van der Waals surface area contributed by atoms with Crippen LogP contribution in [0.1, 0.15) is 47.1 Å². The van der Waals surface area contributed by atoms with E-state index in [-0.39, 0.29) is 11.9 Å². The quantitative estimate of drug-likeness (QED) is 0.548. The molecule has 8 nitrogen and oxygen atoms in total. The van der Waals surface area contributed by atoms with Crippen LogP contribution in [0.4, 0.5) is 0 Å². The Morgan fingerprint density at radius 3 is 2.59 bits per heavy atom. The van der Waals surface area contributed by atoms with Gasteiger partial charge < -0.3 is 5.32 Å². The van der Waals surface area contributed by atoms with Crippen molar-refractivity contribution < 1.29 is 4.79 Å². The molecule has 0 atom stereocenters. The summed E-state index contributed by atoms with van der Waals surface area (Å²) < 4.78 is 3.63. The van der Waals surface area contributed by atoms with E-state index < -0.39 is 0 Å². The zero-order valence-corrected chi connectivity index (χ0v) is 16.7. The molecular weight excluding hydrogens is 366 g/mol. The molecule has 1 N–H and O–H groups in total. The number of hydrogen-bond acceptors (Lipinski definition) is 5. The van der Waals surface area contributed by atoms with Gasteiger partial charge in [0.25, 0.3) is 5.91 Å². The SMILES string of the molecule is Cc1nc2c(cnn2C(C)C)cc1C(=O)NCc1ccc(Cn2cncn2)cc1. The monoisotopic (exact) mass is 389 g/mol. The van der Waals surface area contributed by atoms with Crippen molar-refractivity contribution in [3.8, 4) is 0 Å². The lowest BCUT2D eigenvalue weighted by Crippen LogP contribution is -2.24. The summed E-state index contributed by atoms with van der Waals surface area (Å²) in [4.78, 5) is 21.3. The Labute approximate surface area is 168 Å². The van der Waals surface area contributed by atoms with Crippen LogP contribution in [0.25, 0.3) is 11.0 Å². The van der Waals surface area contributed by atoms with Crippen molar-refractivity contribution in [1.82, 2.24) is 34.8 Å². The molecule has 3 heterocycles. The average Bonchev–Trinajstić information content (AvgIpc) is 3.36. The maximum absolute atomic E-state index is 12.7. The van der Waals surface area contributed by atoms with Crippen LogP contribution in [0.3, 0.4) is 0 Å². The van der Waals surface area contributed by atoms with E-state index in [2.05, 4.69) is 39.3 Å². The van der Waals surface area contributed by atoms with Crippen molar-refractivity contribution in [3.63, 3.8) is 0 Å². The minimum absolute atomic E-state index is 0.138. The summed E-state index contributed by atoms with van der Waals surface area (Å²) >= 11 is 0. The number of carbonyl (C=O) groups excluding carboxylic acids is 1. The second-order valence-electron chi connectivity index (χ2n) is 7.31.